The second kappa shape index (κ2) is 9.50. The molecule has 0 aliphatic rings. The summed E-state index contributed by atoms with van der Waals surface area (Å²) in [5.74, 6) is 0. The first-order chi connectivity index (χ1) is 13.5. The third-order valence-corrected chi connectivity index (χ3v) is 4.58. The number of alkyl carbamates (subject to hydrolysis) is 1. The molecule has 3 rings (SSSR count). The monoisotopic (exact) mass is 400 g/mol. The number of hydrogen-bond donors (Lipinski definition) is 3. The van der Waals surface area contributed by atoms with Crippen LogP contribution in [0.5, 0.6) is 0 Å². The second-order valence-corrected chi connectivity index (χ2v) is 6.79. The molecule has 1 amide bonds. The maximum absolute atomic E-state index is 11.7. The number of aliphatic hydroxyl groups is 2. The summed E-state index contributed by atoms with van der Waals surface area (Å²) in [6.07, 6.45) is -1.03. The number of aromatic nitrogens is 1. The summed E-state index contributed by atoms with van der Waals surface area (Å²) in [6.45, 7) is 0.337. The Bertz CT molecular complexity index is 936. The fourth-order valence-corrected chi connectivity index (χ4v) is 3.03. The predicted octanol–water partition coefficient (Wildman–Crippen LogP) is 3.60. The summed E-state index contributed by atoms with van der Waals surface area (Å²) in [5, 5.41) is 24.7. The van der Waals surface area contributed by atoms with Crippen LogP contribution >= 0.6 is 11.6 Å². The summed E-state index contributed by atoms with van der Waals surface area (Å²) in [4.78, 5) is 16.0. The van der Waals surface area contributed by atoms with E-state index in [0.29, 0.717) is 21.5 Å². The maximum Gasteiger partial charge on any atom is 0.407 e. The number of amides is 1. The van der Waals surface area contributed by atoms with Crippen LogP contribution in [0.4, 0.5) is 4.79 Å². The highest BCUT2D eigenvalue weighted by atomic mass is 35.5. The molecule has 2 aromatic carbocycles. The fourth-order valence-electron chi connectivity index (χ4n) is 2.86. The van der Waals surface area contributed by atoms with Gasteiger partial charge in [0.1, 0.15) is 12.7 Å². The number of aliphatic hydroxyl groups excluding tert-OH is 2. The zero-order valence-corrected chi connectivity index (χ0v) is 15.8. The molecular weight excluding hydrogens is 380 g/mol. The SMILES string of the molecule is O=C(NCCC(O)C(O)c1ccnc2cc(Cl)ccc12)OCc1ccccc1. The van der Waals surface area contributed by atoms with E-state index in [1.165, 1.54) is 0 Å². The number of carbonyl (C=O) groups excluding carboxylic acids is 1. The van der Waals surface area contributed by atoms with Gasteiger partial charge in [0.05, 0.1) is 11.6 Å². The van der Waals surface area contributed by atoms with Crippen LogP contribution in [0.1, 0.15) is 23.7 Å². The number of carbonyl (C=O) groups is 1. The Labute approximate surface area is 167 Å². The number of nitrogens with one attached hydrogen (secondary N) is 1. The van der Waals surface area contributed by atoms with Crippen molar-refractivity contribution in [1.29, 1.82) is 0 Å². The molecule has 0 radical (unpaired) electrons. The molecule has 0 fully saturated rings. The summed E-state index contributed by atoms with van der Waals surface area (Å²) in [7, 11) is 0. The van der Waals surface area contributed by atoms with Crippen molar-refractivity contribution in [2.24, 2.45) is 0 Å². The summed E-state index contributed by atoms with van der Waals surface area (Å²) >= 11 is 5.97. The molecule has 6 nitrogen and oxygen atoms in total. The molecular formula is C21H21ClN2O4. The van der Waals surface area contributed by atoms with Crippen molar-refractivity contribution >= 4 is 28.6 Å². The molecule has 0 aliphatic carbocycles. The standard InChI is InChI=1S/C21H21ClN2O4/c22-15-6-7-16-17(8-10-23-18(16)12-15)20(26)19(25)9-11-24-21(27)28-13-14-4-2-1-3-5-14/h1-8,10,12,19-20,25-26H,9,11,13H2,(H,24,27). The Kier molecular flexibility index (Phi) is 6.81. The normalized spacial score (nSPS) is 13.1. The summed E-state index contributed by atoms with van der Waals surface area (Å²) in [5.41, 5.74) is 2.08. The zero-order chi connectivity index (χ0) is 19.9. The molecule has 146 valence electrons. The second-order valence-electron chi connectivity index (χ2n) is 6.35. The molecule has 3 aromatic rings. The molecule has 0 saturated heterocycles. The Morgan fingerprint density at radius 1 is 1.14 bits per heavy atom. The average molecular weight is 401 g/mol. The van der Waals surface area contributed by atoms with E-state index in [0.717, 1.165) is 5.56 Å². The number of pyridine rings is 1. The molecule has 2 atom stereocenters. The number of hydrogen-bond acceptors (Lipinski definition) is 5. The van der Waals surface area contributed by atoms with Crippen molar-refractivity contribution in [3.8, 4) is 0 Å². The summed E-state index contributed by atoms with van der Waals surface area (Å²) in [6, 6.07) is 16.2. The van der Waals surface area contributed by atoms with E-state index in [1.807, 2.05) is 30.3 Å². The first-order valence-electron chi connectivity index (χ1n) is 8.89. The summed E-state index contributed by atoms with van der Waals surface area (Å²) < 4.78 is 5.11. The van der Waals surface area contributed by atoms with Crippen LogP contribution in [-0.4, -0.2) is 33.9 Å². The smallest absolute Gasteiger partial charge is 0.407 e. The van der Waals surface area contributed by atoms with Crippen molar-refractivity contribution in [2.45, 2.75) is 25.2 Å². The number of nitrogens with zero attached hydrogens (tertiary/aromatic N) is 1. The van der Waals surface area contributed by atoms with Gasteiger partial charge in [0.15, 0.2) is 0 Å². The molecule has 0 spiro atoms. The first-order valence-corrected chi connectivity index (χ1v) is 9.27. The largest absolute Gasteiger partial charge is 0.445 e. The maximum atomic E-state index is 11.7. The molecule has 7 heteroatoms. The van der Waals surface area contributed by atoms with Gasteiger partial charge in [-0.2, -0.15) is 0 Å². The number of ether oxygens (including phenoxy) is 1. The van der Waals surface area contributed by atoms with E-state index in [1.54, 1.807) is 30.5 Å². The van der Waals surface area contributed by atoms with Gasteiger partial charge in [0.2, 0.25) is 0 Å². The molecule has 1 aromatic heterocycles. The van der Waals surface area contributed by atoms with Gasteiger partial charge < -0.3 is 20.3 Å². The van der Waals surface area contributed by atoms with Gasteiger partial charge in [0, 0.05) is 23.2 Å². The lowest BCUT2D eigenvalue weighted by atomic mass is 9.98. The van der Waals surface area contributed by atoms with Gasteiger partial charge in [-0.05, 0) is 35.7 Å². The number of halogens is 1. The van der Waals surface area contributed by atoms with Crippen molar-refractivity contribution in [2.75, 3.05) is 6.54 Å². The van der Waals surface area contributed by atoms with Gasteiger partial charge in [-0.1, -0.05) is 48.0 Å². The molecule has 3 N–H and O–H groups in total. The zero-order valence-electron chi connectivity index (χ0n) is 15.1. The minimum Gasteiger partial charge on any atom is -0.445 e. The number of rotatable bonds is 7. The van der Waals surface area contributed by atoms with Crippen LogP contribution in [0.15, 0.2) is 60.8 Å². The van der Waals surface area contributed by atoms with Crippen LogP contribution in [0, 0.1) is 0 Å². The lowest BCUT2D eigenvalue weighted by Crippen LogP contribution is -2.29. The van der Waals surface area contributed by atoms with E-state index in [-0.39, 0.29) is 19.6 Å². The van der Waals surface area contributed by atoms with E-state index in [9.17, 15) is 15.0 Å². The molecule has 2 unspecified atom stereocenters. The van der Waals surface area contributed by atoms with Gasteiger partial charge >= 0.3 is 6.09 Å². The van der Waals surface area contributed by atoms with Gasteiger partial charge in [-0.15, -0.1) is 0 Å². The predicted molar refractivity (Wildman–Crippen MR) is 107 cm³/mol. The lowest BCUT2D eigenvalue weighted by molar-refractivity contribution is 0.0144. The van der Waals surface area contributed by atoms with E-state index in [2.05, 4.69) is 10.3 Å². The molecule has 1 heterocycles. The highest BCUT2D eigenvalue weighted by Gasteiger charge is 2.21. The number of benzene rings is 2. The van der Waals surface area contributed by atoms with Crippen molar-refractivity contribution in [3.05, 3.63) is 76.9 Å². The third-order valence-electron chi connectivity index (χ3n) is 4.34. The Balaban J connectivity index is 1.51. The first kappa shape index (κ1) is 20.1. The van der Waals surface area contributed by atoms with Crippen LogP contribution in [0.25, 0.3) is 10.9 Å². The Hall–Kier alpha value is -2.67. The van der Waals surface area contributed by atoms with Crippen LogP contribution in [0.2, 0.25) is 5.02 Å². The quantitative estimate of drug-likeness (QED) is 0.563. The third kappa shape index (κ3) is 5.19. The molecule has 28 heavy (non-hydrogen) atoms. The molecule has 0 bridgehead atoms. The number of fused-ring (bicyclic) bond motifs is 1. The van der Waals surface area contributed by atoms with Crippen molar-refractivity contribution < 1.29 is 19.7 Å². The van der Waals surface area contributed by atoms with Crippen LogP contribution < -0.4 is 5.32 Å². The molecule has 0 saturated carbocycles. The van der Waals surface area contributed by atoms with E-state index >= 15 is 0 Å². The van der Waals surface area contributed by atoms with Gasteiger partial charge in [-0.25, -0.2) is 4.79 Å². The van der Waals surface area contributed by atoms with Crippen LogP contribution in [0.3, 0.4) is 0 Å². The Morgan fingerprint density at radius 2 is 1.93 bits per heavy atom. The topological polar surface area (TPSA) is 91.7 Å². The molecule has 0 aliphatic heterocycles. The minimum atomic E-state index is -1.12. The van der Waals surface area contributed by atoms with Crippen molar-refractivity contribution in [3.63, 3.8) is 0 Å². The van der Waals surface area contributed by atoms with E-state index in [4.69, 9.17) is 16.3 Å². The lowest BCUT2D eigenvalue weighted by Gasteiger charge is -2.19. The highest BCUT2D eigenvalue weighted by Crippen LogP contribution is 2.27. The van der Waals surface area contributed by atoms with Gasteiger partial charge in [0.25, 0.3) is 0 Å². The van der Waals surface area contributed by atoms with Gasteiger partial charge in [-0.3, -0.25) is 4.98 Å². The van der Waals surface area contributed by atoms with E-state index < -0.39 is 18.3 Å². The minimum absolute atomic E-state index is 0.166. The van der Waals surface area contributed by atoms with Crippen LogP contribution in [-0.2, 0) is 11.3 Å². The van der Waals surface area contributed by atoms with Crippen molar-refractivity contribution in [1.82, 2.24) is 10.3 Å². The average Bonchev–Trinajstić information content (AvgIpc) is 2.71. The highest BCUT2D eigenvalue weighted by molar-refractivity contribution is 6.31. The fraction of sp³-hybridized carbons (Fsp3) is 0.238. The Morgan fingerprint density at radius 3 is 2.71 bits per heavy atom.